The molecule has 0 amide bonds. The topological polar surface area (TPSA) is 26.3 Å². The van der Waals surface area contributed by atoms with Crippen molar-refractivity contribution in [3.05, 3.63) is 0 Å². The standard InChI is InChI=1S/C9H12F2O2/c1-2-13-8(12)9(11)6-3-5(10)4-7(6)9/h5-7H,2-4H2,1H3. The number of esters is 1. The van der Waals surface area contributed by atoms with E-state index in [1.165, 1.54) is 0 Å². The highest BCUT2D eigenvalue weighted by atomic mass is 19.1. The first-order valence-corrected chi connectivity index (χ1v) is 4.60. The van der Waals surface area contributed by atoms with E-state index in [0.29, 0.717) is 0 Å². The van der Waals surface area contributed by atoms with E-state index in [-0.39, 0.29) is 19.4 Å². The van der Waals surface area contributed by atoms with Gasteiger partial charge in [0.15, 0.2) is 0 Å². The van der Waals surface area contributed by atoms with Crippen LogP contribution in [-0.2, 0) is 9.53 Å². The van der Waals surface area contributed by atoms with Crippen molar-refractivity contribution in [2.75, 3.05) is 6.61 Å². The molecule has 0 aliphatic heterocycles. The molecule has 2 aliphatic carbocycles. The molecule has 2 atom stereocenters. The first-order valence-electron chi connectivity index (χ1n) is 4.60. The van der Waals surface area contributed by atoms with Gasteiger partial charge in [0.2, 0.25) is 5.67 Å². The number of hydrogen-bond acceptors (Lipinski definition) is 2. The smallest absolute Gasteiger partial charge is 0.344 e. The zero-order chi connectivity index (χ0) is 9.64. The van der Waals surface area contributed by atoms with Crippen molar-refractivity contribution >= 4 is 5.97 Å². The summed E-state index contributed by atoms with van der Waals surface area (Å²) in [6.07, 6.45) is -0.562. The Bertz CT molecular complexity index is 230. The van der Waals surface area contributed by atoms with Crippen LogP contribution in [0.2, 0.25) is 0 Å². The first-order chi connectivity index (χ1) is 6.10. The van der Waals surface area contributed by atoms with Gasteiger partial charge in [0.25, 0.3) is 0 Å². The molecule has 0 N–H and O–H groups in total. The zero-order valence-electron chi connectivity index (χ0n) is 7.43. The van der Waals surface area contributed by atoms with Crippen LogP contribution in [0.5, 0.6) is 0 Å². The third-order valence-corrected chi connectivity index (χ3v) is 3.06. The predicted octanol–water partition coefficient (Wildman–Crippen LogP) is 1.64. The monoisotopic (exact) mass is 190 g/mol. The summed E-state index contributed by atoms with van der Waals surface area (Å²) >= 11 is 0. The molecule has 2 unspecified atom stereocenters. The zero-order valence-corrected chi connectivity index (χ0v) is 7.43. The fourth-order valence-electron chi connectivity index (χ4n) is 2.36. The fraction of sp³-hybridized carbons (Fsp3) is 0.889. The Labute approximate surface area is 75.3 Å². The molecule has 2 aliphatic rings. The van der Waals surface area contributed by atoms with E-state index >= 15 is 0 Å². The second-order valence-electron chi connectivity index (χ2n) is 3.77. The van der Waals surface area contributed by atoms with Gasteiger partial charge in [-0.05, 0) is 19.8 Å². The lowest BCUT2D eigenvalue weighted by Gasteiger charge is -2.11. The number of carbonyl (C=O) groups is 1. The van der Waals surface area contributed by atoms with Crippen LogP contribution in [0, 0.1) is 11.8 Å². The van der Waals surface area contributed by atoms with Gasteiger partial charge in [0, 0.05) is 11.8 Å². The van der Waals surface area contributed by atoms with Crippen LogP contribution in [0.15, 0.2) is 0 Å². The third-order valence-electron chi connectivity index (χ3n) is 3.06. The number of fused-ring (bicyclic) bond motifs is 1. The fourth-order valence-corrected chi connectivity index (χ4v) is 2.36. The van der Waals surface area contributed by atoms with Crippen molar-refractivity contribution in [2.24, 2.45) is 11.8 Å². The minimum absolute atomic E-state index is 0.181. The molecule has 0 aromatic carbocycles. The molecule has 0 radical (unpaired) electrons. The lowest BCUT2D eigenvalue weighted by atomic mass is 10.1. The van der Waals surface area contributed by atoms with Crippen molar-refractivity contribution in [1.82, 2.24) is 0 Å². The van der Waals surface area contributed by atoms with Gasteiger partial charge in [-0.3, -0.25) is 0 Å². The van der Waals surface area contributed by atoms with Gasteiger partial charge < -0.3 is 4.74 Å². The van der Waals surface area contributed by atoms with Crippen molar-refractivity contribution in [2.45, 2.75) is 31.6 Å². The van der Waals surface area contributed by atoms with Crippen LogP contribution in [0.1, 0.15) is 19.8 Å². The van der Waals surface area contributed by atoms with Crippen LogP contribution in [0.4, 0.5) is 8.78 Å². The van der Waals surface area contributed by atoms with Gasteiger partial charge >= 0.3 is 5.97 Å². The van der Waals surface area contributed by atoms with E-state index < -0.39 is 29.6 Å². The Kier molecular flexibility index (Phi) is 1.82. The summed E-state index contributed by atoms with van der Waals surface area (Å²) in [5.41, 5.74) is -1.85. The Morgan fingerprint density at radius 1 is 1.54 bits per heavy atom. The molecule has 0 spiro atoms. The van der Waals surface area contributed by atoms with Crippen molar-refractivity contribution in [1.29, 1.82) is 0 Å². The average Bonchev–Trinajstić information content (AvgIpc) is 2.45. The first kappa shape index (κ1) is 8.91. The summed E-state index contributed by atoms with van der Waals surface area (Å²) in [6.45, 7) is 1.82. The van der Waals surface area contributed by atoms with Crippen molar-refractivity contribution in [3.8, 4) is 0 Å². The molecule has 4 heteroatoms. The number of ether oxygens (including phenoxy) is 1. The van der Waals surface area contributed by atoms with Gasteiger partial charge in [0.1, 0.15) is 6.17 Å². The predicted molar refractivity (Wildman–Crippen MR) is 41.6 cm³/mol. The van der Waals surface area contributed by atoms with E-state index in [0.717, 1.165) is 0 Å². The largest absolute Gasteiger partial charge is 0.464 e. The van der Waals surface area contributed by atoms with Gasteiger partial charge in [-0.15, -0.1) is 0 Å². The highest BCUT2D eigenvalue weighted by Crippen LogP contribution is 2.64. The van der Waals surface area contributed by atoms with Crippen molar-refractivity contribution < 1.29 is 18.3 Å². The number of alkyl halides is 2. The Morgan fingerprint density at radius 2 is 2.08 bits per heavy atom. The van der Waals surface area contributed by atoms with Gasteiger partial charge in [-0.25, -0.2) is 13.6 Å². The maximum absolute atomic E-state index is 13.7. The van der Waals surface area contributed by atoms with E-state index in [2.05, 4.69) is 4.74 Å². The SMILES string of the molecule is CCOC(=O)C1(F)C2CC(F)CC21. The molecule has 2 saturated carbocycles. The molecule has 74 valence electrons. The molecule has 0 aromatic heterocycles. The molecule has 0 aromatic rings. The summed E-state index contributed by atoms with van der Waals surface area (Å²) in [6, 6.07) is 0. The number of halogens is 2. The lowest BCUT2D eigenvalue weighted by Crippen LogP contribution is -2.27. The van der Waals surface area contributed by atoms with Gasteiger partial charge in [-0.1, -0.05) is 0 Å². The summed E-state index contributed by atoms with van der Waals surface area (Å²) in [5.74, 6) is -1.63. The van der Waals surface area contributed by atoms with E-state index in [4.69, 9.17) is 0 Å². The normalized spacial score (nSPS) is 47.2. The molecule has 2 nitrogen and oxygen atoms in total. The summed E-state index contributed by atoms with van der Waals surface area (Å²) < 4.78 is 31.0. The second-order valence-corrected chi connectivity index (χ2v) is 3.77. The molecule has 2 rings (SSSR count). The third kappa shape index (κ3) is 1.07. The minimum atomic E-state index is -1.85. The molecular formula is C9H12F2O2. The molecule has 2 fully saturated rings. The summed E-state index contributed by atoms with van der Waals surface area (Å²) in [7, 11) is 0. The Morgan fingerprint density at radius 3 is 2.54 bits per heavy atom. The van der Waals surface area contributed by atoms with Crippen molar-refractivity contribution in [3.63, 3.8) is 0 Å². The molecule has 0 bridgehead atoms. The minimum Gasteiger partial charge on any atom is -0.464 e. The van der Waals surface area contributed by atoms with E-state index in [9.17, 15) is 13.6 Å². The lowest BCUT2D eigenvalue weighted by molar-refractivity contribution is -0.152. The highest BCUT2D eigenvalue weighted by Gasteiger charge is 2.75. The average molecular weight is 190 g/mol. The number of carbonyl (C=O) groups excluding carboxylic acids is 1. The maximum atomic E-state index is 13.7. The second kappa shape index (κ2) is 2.66. The summed E-state index contributed by atoms with van der Waals surface area (Å²) in [5, 5.41) is 0. The number of rotatable bonds is 2. The quantitative estimate of drug-likeness (QED) is 0.619. The molecule has 13 heavy (non-hydrogen) atoms. The molecule has 0 saturated heterocycles. The van der Waals surface area contributed by atoms with Gasteiger partial charge in [0.05, 0.1) is 6.61 Å². The molecule has 0 heterocycles. The van der Waals surface area contributed by atoms with E-state index in [1.807, 2.05) is 0 Å². The van der Waals surface area contributed by atoms with Crippen LogP contribution in [0.25, 0.3) is 0 Å². The summed E-state index contributed by atoms with van der Waals surface area (Å²) in [4.78, 5) is 11.1. The molecular weight excluding hydrogens is 178 g/mol. The number of hydrogen-bond donors (Lipinski definition) is 0. The maximum Gasteiger partial charge on any atom is 0.344 e. The van der Waals surface area contributed by atoms with E-state index in [1.54, 1.807) is 6.92 Å². The van der Waals surface area contributed by atoms with Crippen LogP contribution >= 0.6 is 0 Å². The van der Waals surface area contributed by atoms with Crippen LogP contribution in [0.3, 0.4) is 0 Å². The Hall–Kier alpha value is -0.670. The van der Waals surface area contributed by atoms with Crippen LogP contribution < -0.4 is 0 Å². The van der Waals surface area contributed by atoms with Gasteiger partial charge in [-0.2, -0.15) is 0 Å². The van der Waals surface area contributed by atoms with Crippen LogP contribution in [-0.4, -0.2) is 24.4 Å². The Balaban J connectivity index is 1.99. The highest BCUT2D eigenvalue weighted by molar-refractivity contribution is 5.84.